The summed E-state index contributed by atoms with van der Waals surface area (Å²) in [6, 6.07) is 26.8. The van der Waals surface area contributed by atoms with Crippen LogP contribution >= 0.6 is 0 Å². The number of rotatable bonds is 6. The zero-order valence-electron chi connectivity index (χ0n) is 20.4. The summed E-state index contributed by atoms with van der Waals surface area (Å²) in [5, 5.41) is 0. The van der Waals surface area contributed by atoms with Crippen molar-refractivity contribution in [2.75, 3.05) is 7.11 Å². The Hall–Kier alpha value is -4.18. The van der Waals surface area contributed by atoms with Crippen LogP contribution in [0.2, 0.25) is 0 Å². The van der Waals surface area contributed by atoms with E-state index >= 15 is 0 Å². The fourth-order valence-corrected chi connectivity index (χ4v) is 3.96. The monoisotopic (exact) mass is 464 g/mol. The molecule has 4 aromatic rings. The fourth-order valence-electron chi connectivity index (χ4n) is 3.96. The molecule has 0 aliphatic rings. The average Bonchev–Trinajstić information content (AvgIpc) is 2.87. The molecule has 4 heteroatoms. The number of carbonyl (C=O) groups is 2. The van der Waals surface area contributed by atoms with E-state index in [-0.39, 0.29) is 5.97 Å². The first kappa shape index (κ1) is 24.0. The lowest BCUT2D eigenvalue weighted by molar-refractivity contribution is 0.0600. The van der Waals surface area contributed by atoms with Gasteiger partial charge in [-0.25, -0.2) is 9.59 Å². The maximum atomic E-state index is 12.7. The summed E-state index contributed by atoms with van der Waals surface area (Å²) in [5.74, 6) is -0.216. The Morgan fingerprint density at radius 3 is 1.63 bits per heavy atom. The Kier molecular flexibility index (Phi) is 7.11. The van der Waals surface area contributed by atoms with Gasteiger partial charge < -0.3 is 9.47 Å². The Bertz CT molecular complexity index is 1370. The molecule has 0 saturated heterocycles. The van der Waals surface area contributed by atoms with Gasteiger partial charge in [-0.1, -0.05) is 54.6 Å². The fraction of sp³-hybridized carbons (Fsp3) is 0.161. The van der Waals surface area contributed by atoms with E-state index < -0.39 is 5.97 Å². The summed E-state index contributed by atoms with van der Waals surface area (Å²) in [4.78, 5) is 24.3. The van der Waals surface area contributed by atoms with Crippen molar-refractivity contribution in [1.29, 1.82) is 0 Å². The van der Waals surface area contributed by atoms with Crippen LogP contribution in [0.25, 0.3) is 11.1 Å². The Morgan fingerprint density at radius 1 is 0.600 bits per heavy atom. The van der Waals surface area contributed by atoms with Crippen LogP contribution in [0.15, 0.2) is 84.9 Å². The molecule has 35 heavy (non-hydrogen) atoms. The summed E-state index contributed by atoms with van der Waals surface area (Å²) in [7, 11) is 1.36. The van der Waals surface area contributed by atoms with Crippen molar-refractivity contribution in [1.82, 2.24) is 0 Å². The van der Waals surface area contributed by atoms with Crippen LogP contribution in [0.5, 0.6) is 5.75 Å². The number of hydrogen-bond acceptors (Lipinski definition) is 4. The molecule has 0 aliphatic carbocycles. The number of hydrogen-bond donors (Lipinski definition) is 0. The summed E-state index contributed by atoms with van der Waals surface area (Å²) < 4.78 is 10.4. The van der Waals surface area contributed by atoms with Gasteiger partial charge in [0, 0.05) is 0 Å². The molecule has 4 rings (SSSR count). The molecule has 4 nitrogen and oxygen atoms in total. The van der Waals surface area contributed by atoms with Crippen molar-refractivity contribution in [2.24, 2.45) is 0 Å². The molecular weight excluding hydrogens is 436 g/mol. The lowest BCUT2D eigenvalue weighted by Gasteiger charge is -2.11. The summed E-state index contributed by atoms with van der Waals surface area (Å²) in [6.07, 6.45) is 0.832. The number of carbonyl (C=O) groups excluding carboxylic acids is 2. The van der Waals surface area contributed by atoms with Crippen LogP contribution < -0.4 is 4.74 Å². The third-order valence-electron chi connectivity index (χ3n) is 6.18. The van der Waals surface area contributed by atoms with E-state index in [1.807, 2.05) is 43.3 Å². The lowest BCUT2D eigenvalue weighted by Crippen LogP contribution is -2.09. The lowest BCUT2D eigenvalue weighted by atomic mass is 9.99. The first-order valence-electron chi connectivity index (χ1n) is 11.5. The molecule has 0 unspecified atom stereocenters. The number of esters is 2. The normalized spacial score (nSPS) is 10.6. The van der Waals surface area contributed by atoms with Crippen molar-refractivity contribution in [3.8, 4) is 16.9 Å². The smallest absolute Gasteiger partial charge is 0.343 e. The van der Waals surface area contributed by atoms with Crippen molar-refractivity contribution in [3.05, 3.63) is 124 Å². The molecule has 176 valence electrons. The minimum absolute atomic E-state index is 0.372. The van der Waals surface area contributed by atoms with E-state index in [9.17, 15) is 9.59 Å². The van der Waals surface area contributed by atoms with Crippen molar-refractivity contribution in [2.45, 2.75) is 27.2 Å². The van der Waals surface area contributed by atoms with E-state index in [0.717, 1.165) is 23.1 Å². The third kappa shape index (κ3) is 5.67. The second kappa shape index (κ2) is 10.4. The number of benzene rings is 4. The van der Waals surface area contributed by atoms with E-state index in [1.165, 1.54) is 29.4 Å². The van der Waals surface area contributed by atoms with Gasteiger partial charge in [-0.15, -0.1) is 0 Å². The summed E-state index contributed by atoms with van der Waals surface area (Å²) >= 11 is 0. The second-order valence-corrected chi connectivity index (χ2v) is 8.73. The standard InChI is InChI=1S/C31H28O4/c1-20-5-6-23(17-21(20)2)19-24-7-16-29(22(3)18-24)35-31(33)28-14-10-26(11-15-28)25-8-12-27(13-9-25)30(32)34-4/h5-18H,19H2,1-4H3. The van der Waals surface area contributed by atoms with E-state index in [0.29, 0.717) is 16.9 Å². The average molecular weight is 465 g/mol. The van der Waals surface area contributed by atoms with Gasteiger partial charge in [0.2, 0.25) is 0 Å². The van der Waals surface area contributed by atoms with Crippen molar-refractivity contribution in [3.63, 3.8) is 0 Å². The number of ether oxygens (including phenoxy) is 2. The van der Waals surface area contributed by atoms with Crippen LogP contribution in [0.1, 0.15) is 48.5 Å². The van der Waals surface area contributed by atoms with Gasteiger partial charge in [0.1, 0.15) is 5.75 Å². The van der Waals surface area contributed by atoms with Gasteiger partial charge in [-0.2, -0.15) is 0 Å². The SMILES string of the molecule is COC(=O)c1ccc(-c2ccc(C(=O)Oc3ccc(Cc4ccc(C)c(C)c4)cc3C)cc2)cc1. The Balaban J connectivity index is 1.42. The molecule has 0 spiro atoms. The van der Waals surface area contributed by atoms with Crippen LogP contribution in [0.4, 0.5) is 0 Å². The van der Waals surface area contributed by atoms with Gasteiger partial charge in [0.05, 0.1) is 18.2 Å². The molecule has 0 bridgehead atoms. The molecule has 4 aromatic carbocycles. The summed E-state index contributed by atoms with van der Waals surface area (Å²) in [6.45, 7) is 6.19. The highest BCUT2D eigenvalue weighted by Gasteiger charge is 2.12. The number of methoxy groups -OCH3 is 1. The highest BCUT2D eigenvalue weighted by molar-refractivity contribution is 5.92. The zero-order chi connectivity index (χ0) is 24.9. The molecule has 0 N–H and O–H groups in total. The van der Waals surface area contributed by atoms with Crippen LogP contribution in [0, 0.1) is 20.8 Å². The predicted molar refractivity (Wildman–Crippen MR) is 138 cm³/mol. The largest absolute Gasteiger partial charge is 0.465 e. The van der Waals surface area contributed by atoms with Gasteiger partial charge in [0.25, 0.3) is 0 Å². The molecule has 0 aromatic heterocycles. The molecule has 0 amide bonds. The minimum Gasteiger partial charge on any atom is -0.465 e. The zero-order valence-corrected chi connectivity index (χ0v) is 20.4. The Morgan fingerprint density at radius 2 is 1.11 bits per heavy atom. The molecular formula is C31H28O4. The van der Waals surface area contributed by atoms with E-state index in [1.54, 1.807) is 24.3 Å². The van der Waals surface area contributed by atoms with E-state index in [2.05, 4.69) is 38.1 Å². The van der Waals surface area contributed by atoms with Crippen LogP contribution in [-0.2, 0) is 11.2 Å². The second-order valence-electron chi connectivity index (χ2n) is 8.73. The molecule has 0 heterocycles. The Labute approximate surface area is 206 Å². The predicted octanol–water partition coefficient (Wildman–Crippen LogP) is 6.88. The van der Waals surface area contributed by atoms with Gasteiger partial charge in [-0.05, 0) is 96.5 Å². The quantitative estimate of drug-likeness (QED) is 0.231. The maximum absolute atomic E-state index is 12.7. The molecule has 0 aliphatic heterocycles. The molecule has 0 saturated carbocycles. The van der Waals surface area contributed by atoms with Crippen molar-refractivity contribution >= 4 is 11.9 Å². The van der Waals surface area contributed by atoms with Crippen LogP contribution in [0.3, 0.4) is 0 Å². The van der Waals surface area contributed by atoms with Gasteiger partial charge >= 0.3 is 11.9 Å². The highest BCUT2D eigenvalue weighted by atomic mass is 16.5. The molecule has 0 fully saturated rings. The molecule has 0 radical (unpaired) electrons. The first-order chi connectivity index (χ1) is 16.8. The third-order valence-corrected chi connectivity index (χ3v) is 6.18. The van der Waals surface area contributed by atoms with E-state index in [4.69, 9.17) is 9.47 Å². The summed E-state index contributed by atoms with van der Waals surface area (Å²) in [5.41, 5.74) is 8.76. The maximum Gasteiger partial charge on any atom is 0.343 e. The van der Waals surface area contributed by atoms with Crippen molar-refractivity contribution < 1.29 is 19.1 Å². The minimum atomic E-state index is -0.400. The van der Waals surface area contributed by atoms with Crippen LogP contribution in [-0.4, -0.2) is 19.0 Å². The highest BCUT2D eigenvalue weighted by Crippen LogP contribution is 2.24. The van der Waals surface area contributed by atoms with Gasteiger partial charge in [0.15, 0.2) is 0 Å². The van der Waals surface area contributed by atoms with Gasteiger partial charge in [-0.3, -0.25) is 0 Å². The first-order valence-corrected chi connectivity index (χ1v) is 11.5. The number of aryl methyl sites for hydroxylation is 3. The molecule has 0 atom stereocenters. The topological polar surface area (TPSA) is 52.6 Å².